The van der Waals surface area contributed by atoms with E-state index in [1.165, 1.54) is 5.56 Å². The number of likely N-dealkylation sites (tertiary alicyclic amines) is 1. The van der Waals surface area contributed by atoms with Crippen molar-refractivity contribution in [1.82, 2.24) is 14.8 Å². The lowest BCUT2D eigenvalue weighted by Gasteiger charge is -2.17. The Kier molecular flexibility index (Phi) is 5.05. The number of carbonyl (C=O) groups excluding carboxylic acids is 1. The Morgan fingerprint density at radius 2 is 2.00 bits per heavy atom. The van der Waals surface area contributed by atoms with Gasteiger partial charge >= 0.3 is 0 Å². The van der Waals surface area contributed by atoms with Gasteiger partial charge in [0.2, 0.25) is 0 Å². The van der Waals surface area contributed by atoms with Crippen molar-refractivity contribution in [3.05, 3.63) is 58.9 Å². The minimum Gasteiger partial charge on any atom is -0.344 e. The lowest BCUT2D eigenvalue weighted by Crippen LogP contribution is -2.30. The van der Waals surface area contributed by atoms with Crippen molar-refractivity contribution >= 4 is 5.91 Å². The van der Waals surface area contributed by atoms with Crippen LogP contribution in [0.1, 0.15) is 33.7 Å². The van der Waals surface area contributed by atoms with Crippen LogP contribution < -0.4 is 5.32 Å². The zero-order chi connectivity index (χ0) is 17.1. The van der Waals surface area contributed by atoms with Gasteiger partial charge < -0.3 is 14.8 Å². The standard InChI is InChI=1S/C20H27N3O/c1-15-11-19(20(24)22-10-9-18(13-22)12-21-3)16(2)23(15)14-17-7-5-4-6-8-17/h4-8,11,18,21H,9-10,12-14H2,1-3H3. The molecule has 0 bridgehead atoms. The first kappa shape index (κ1) is 16.8. The van der Waals surface area contributed by atoms with E-state index >= 15 is 0 Å². The third-order valence-corrected chi connectivity index (χ3v) is 5.05. The summed E-state index contributed by atoms with van der Waals surface area (Å²) < 4.78 is 2.24. The summed E-state index contributed by atoms with van der Waals surface area (Å²) in [6, 6.07) is 12.4. The fourth-order valence-corrected chi connectivity index (χ4v) is 3.67. The van der Waals surface area contributed by atoms with Crippen LogP contribution in [0.25, 0.3) is 0 Å². The molecule has 4 nitrogen and oxygen atoms in total. The maximum absolute atomic E-state index is 12.9. The monoisotopic (exact) mass is 325 g/mol. The van der Waals surface area contributed by atoms with Crippen LogP contribution in [0.3, 0.4) is 0 Å². The lowest BCUT2D eigenvalue weighted by atomic mass is 10.1. The molecule has 2 heterocycles. The maximum Gasteiger partial charge on any atom is 0.255 e. The summed E-state index contributed by atoms with van der Waals surface area (Å²) in [5.41, 5.74) is 4.33. The van der Waals surface area contributed by atoms with Gasteiger partial charge in [-0.15, -0.1) is 0 Å². The van der Waals surface area contributed by atoms with Gasteiger partial charge in [-0.2, -0.15) is 0 Å². The molecule has 0 aliphatic carbocycles. The van der Waals surface area contributed by atoms with Crippen LogP contribution >= 0.6 is 0 Å². The van der Waals surface area contributed by atoms with Gasteiger partial charge in [-0.1, -0.05) is 30.3 Å². The van der Waals surface area contributed by atoms with E-state index in [1.54, 1.807) is 0 Å². The number of amides is 1. The Labute approximate surface area is 144 Å². The zero-order valence-corrected chi connectivity index (χ0v) is 14.9. The molecule has 1 fully saturated rings. The molecule has 1 saturated heterocycles. The van der Waals surface area contributed by atoms with Gasteiger partial charge in [0.1, 0.15) is 0 Å². The fourth-order valence-electron chi connectivity index (χ4n) is 3.67. The molecule has 1 amide bonds. The van der Waals surface area contributed by atoms with Gasteiger partial charge in [-0.3, -0.25) is 4.79 Å². The molecule has 2 aromatic rings. The number of carbonyl (C=O) groups is 1. The topological polar surface area (TPSA) is 37.3 Å². The highest BCUT2D eigenvalue weighted by Crippen LogP contribution is 2.23. The molecule has 1 aliphatic rings. The number of hydrogen-bond donors (Lipinski definition) is 1. The summed E-state index contributed by atoms with van der Waals surface area (Å²) in [6.07, 6.45) is 1.09. The second-order valence-corrected chi connectivity index (χ2v) is 6.82. The van der Waals surface area contributed by atoms with Crippen molar-refractivity contribution in [2.24, 2.45) is 5.92 Å². The van der Waals surface area contributed by atoms with E-state index in [1.807, 2.05) is 24.1 Å². The summed E-state index contributed by atoms with van der Waals surface area (Å²) in [7, 11) is 1.97. The van der Waals surface area contributed by atoms with Gasteiger partial charge in [0.15, 0.2) is 0 Å². The van der Waals surface area contributed by atoms with Crippen molar-refractivity contribution < 1.29 is 4.79 Å². The van der Waals surface area contributed by atoms with Gasteiger partial charge in [-0.25, -0.2) is 0 Å². The average Bonchev–Trinajstić information content (AvgIpc) is 3.16. The van der Waals surface area contributed by atoms with E-state index in [-0.39, 0.29) is 5.91 Å². The predicted molar refractivity (Wildman–Crippen MR) is 97.4 cm³/mol. The molecule has 3 rings (SSSR count). The number of hydrogen-bond acceptors (Lipinski definition) is 2. The van der Waals surface area contributed by atoms with E-state index in [2.05, 4.69) is 48.0 Å². The number of aromatic nitrogens is 1. The Morgan fingerprint density at radius 3 is 2.71 bits per heavy atom. The lowest BCUT2D eigenvalue weighted by molar-refractivity contribution is 0.0786. The summed E-state index contributed by atoms with van der Waals surface area (Å²) in [6.45, 7) is 7.67. The normalized spacial score (nSPS) is 17.5. The first-order chi connectivity index (χ1) is 11.6. The maximum atomic E-state index is 12.9. The second kappa shape index (κ2) is 7.22. The Morgan fingerprint density at radius 1 is 1.25 bits per heavy atom. The molecule has 128 valence electrons. The van der Waals surface area contributed by atoms with Gasteiger partial charge in [0.25, 0.3) is 5.91 Å². The highest BCUT2D eigenvalue weighted by Gasteiger charge is 2.28. The van der Waals surface area contributed by atoms with Gasteiger partial charge in [-0.05, 0) is 51.4 Å². The molecule has 1 N–H and O–H groups in total. The number of nitrogens with zero attached hydrogens (tertiary/aromatic N) is 2. The van der Waals surface area contributed by atoms with E-state index in [4.69, 9.17) is 0 Å². The predicted octanol–water partition coefficient (Wildman–Crippen LogP) is 2.83. The van der Waals surface area contributed by atoms with Crippen LogP contribution in [-0.2, 0) is 6.54 Å². The summed E-state index contributed by atoms with van der Waals surface area (Å²) >= 11 is 0. The molecule has 0 radical (unpaired) electrons. The first-order valence-electron chi connectivity index (χ1n) is 8.74. The van der Waals surface area contributed by atoms with Crippen LogP contribution in [0, 0.1) is 19.8 Å². The number of benzene rings is 1. The smallest absolute Gasteiger partial charge is 0.255 e. The van der Waals surface area contributed by atoms with Crippen molar-refractivity contribution in [3.8, 4) is 0 Å². The minimum atomic E-state index is 0.181. The quantitative estimate of drug-likeness (QED) is 0.918. The van der Waals surface area contributed by atoms with Crippen LogP contribution in [0.2, 0.25) is 0 Å². The van der Waals surface area contributed by atoms with Crippen molar-refractivity contribution in [1.29, 1.82) is 0 Å². The molecule has 1 aliphatic heterocycles. The Balaban J connectivity index is 1.77. The minimum absolute atomic E-state index is 0.181. The van der Waals surface area contributed by atoms with Crippen molar-refractivity contribution in [2.75, 3.05) is 26.7 Å². The Hall–Kier alpha value is -2.07. The number of aryl methyl sites for hydroxylation is 1. The number of rotatable bonds is 5. The number of nitrogens with one attached hydrogen (secondary N) is 1. The molecule has 0 spiro atoms. The van der Waals surface area contributed by atoms with Crippen LogP contribution in [-0.4, -0.2) is 42.1 Å². The molecule has 0 saturated carbocycles. The van der Waals surface area contributed by atoms with E-state index < -0.39 is 0 Å². The fraction of sp³-hybridized carbons (Fsp3) is 0.450. The van der Waals surface area contributed by atoms with Crippen LogP contribution in [0.4, 0.5) is 0 Å². The highest BCUT2D eigenvalue weighted by molar-refractivity contribution is 5.96. The van der Waals surface area contributed by atoms with Crippen LogP contribution in [0.15, 0.2) is 36.4 Å². The largest absolute Gasteiger partial charge is 0.344 e. The Bertz CT molecular complexity index is 705. The SMILES string of the molecule is CNCC1CCN(C(=O)c2cc(C)n(Cc3ccccc3)c2C)C1. The summed E-state index contributed by atoms with van der Waals surface area (Å²) in [5.74, 6) is 0.757. The van der Waals surface area contributed by atoms with Crippen LogP contribution in [0.5, 0.6) is 0 Å². The highest BCUT2D eigenvalue weighted by atomic mass is 16.2. The van der Waals surface area contributed by atoms with Crippen molar-refractivity contribution in [2.45, 2.75) is 26.8 Å². The molecule has 1 aromatic carbocycles. The third-order valence-electron chi connectivity index (χ3n) is 5.05. The van der Waals surface area contributed by atoms with Gasteiger partial charge in [0, 0.05) is 31.0 Å². The molecule has 4 heteroatoms. The molecule has 1 unspecified atom stereocenters. The van der Waals surface area contributed by atoms with E-state index in [0.717, 1.165) is 49.6 Å². The van der Waals surface area contributed by atoms with E-state index in [0.29, 0.717) is 5.92 Å². The van der Waals surface area contributed by atoms with E-state index in [9.17, 15) is 4.79 Å². The molecular weight excluding hydrogens is 298 g/mol. The van der Waals surface area contributed by atoms with Gasteiger partial charge in [0.05, 0.1) is 5.56 Å². The summed E-state index contributed by atoms with van der Waals surface area (Å²) in [4.78, 5) is 14.9. The molecule has 1 aromatic heterocycles. The van der Waals surface area contributed by atoms with Crippen molar-refractivity contribution in [3.63, 3.8) is 0 Å². The molecule has 24 heavy (non-hydrogen) atoms. The second-order valence-electron chi connectivity index (χ2n) is 6.82. The molecular formula is C20H27N3O. The summed E-state index contributed by atoms with van der Waals surface area (Å²) in [5, 5.41) is 3.22. The average molecular weight is 325 g/mol. The first-order valence-corrected chi connectivity index (χ1v) is 8.74. The molecule has 1 atom stereocenters. The zero-order valence-electron chi connectivity index (χ0n) is 14.9. The third kappa shape index (κ3) is 3.39.